The lowest BCUT2D eigenvalue weighted by Gasteiger charge is -2.62. The fourth-order valence-electron chi connectivity index (χ4n) is 5.40. The molecule has 2 bridgehead atoms. The van der Waals surface area contributed by atoms with Crippen LogP contribution in [0.25, 0.3) is 0 Å². The summed E-state index contributed by atoms with van der Waals surface area (Å²) in [5.74, 6) is 1.35. The van der Waals surface area contributed by atoms with Gasteiger partial charge in [-0.25, -0.2) is 0 Å². The zero-order valence-electron chi connectivity index (χ0n) is 19.8. The van der Waals surface area contributed by atoms with Crippen molar-refractivity contribution in [2.75, 3.05) is 19.8 Å². The van der Waals surface area contributed by atoms with E-state index in [1.54, 1.807) is 0 Å². The number of hydrogen-bond acceptors (Lipinski definition) is 5. The van der Waals surface area contributed by atoms with Crippen LogP contribution in [-0.2, 0) is 26.7 Å². The van der Waals surface area contributed by atoms with Crippen molar-refractivity contribution >= 4 is 15.9 Å². The Bertz CT molecular complexity index is 889. The first-order valence-electron chi connectivity index (χ1n) is 11.1. The predicted octanol–water partition coefficient (Wildman–Crippen LogP) is 4.21. The third-order valence-corrected chi connectivity index (χ3v) is 7.52. The van der Waals surface area contributed by atoms with Gasteiger partial charge in [-0.1, -0.05) is 33.8 Å². The molecule has 1 aromatic rings. The Morgan fingerprint density at radius 1 is 1.26 bits per heavy atom. The second-order valence-electron chi connectivity index (χ2n) is 10.2. The van der Waals surface area contributed by atoms with E-state index in [0.29, 0.717) is 42.6 Å². The molecule has 1 fully saturated rings. The number of benzene rings is 1. The van der Waals surface area contributed by atoms with E-state index in [2.05, 4.69) is 45.7 Å². The fourth-order valence-corrected chi connectivity index (χ4v) is 5.40. The van der Waals surface area contributed by atoms with Crippen molar-refractivity contribution in [3.63, 3.8) is 0 Å². The second kappa shape index (κ2) is 9.59. The lowest BCUT2D eigenvalue weighted by molar-refractivity contribution is -0.121. The molecule has 1 aliphatic heterocycles. The summed E-state index contributed by atoms with van der Waals surface area (Å²) in [4.78, 5) is 15.0. The van der Waals surface area contributed by atoms with Crippen LogP contribution in [0.3, 0.4) is 0 Å². The Labute approximate surface area is 187 Å². The highest BCUT2D eigenvalue weighted by molar-refractivity contribution is 7.85. The normalized spacial score (nSPS) is 27.9. The molecule has 3 atom stereocenters. The molecule has 1 saturated heterocycles. The van der Waals surface area contributed by atoms with Crippen LogP contribution in [0.4, 0.5) is 0 Å². The number of likely N-dealkylation sites (N-methyl/N-ethyl adjacent to an activating group) is 1. The molecule has 0 aromatic heterocycles. The molecule has 176 valence electrons. The Balaban J connectivity index is 0.000000614. The maximum Gasteiger partial charge on any atom is 0.261 e. The first-order valence-corrected chi connectivity index (χ1v) is 13.0. The highest BCUT2D eigenvalue weighted by Crippen LogP contribution is 2.58. The SMILES string of the molecule is CC(C)CCC(=O)CCC1(C)[C@@H]2Cc3ccc(O)cc3[C@@]1(C)CCN2C.CS(=O)(=O)O. The third-order valence-electron chi connectivity index (χ3n) is 7.52. The van der Waals surface area contributed by atoms with Crippen LogP contribution in [0, 0.1) is 11.3 Å². The second-order valence-corrected chi connectivity index (χ2v) is 11.7. The van der Waals surface area contributed by atoms with Gasteiger partial charge in [0.2, 0.25) is 0 Å². The van der Waals surface area contributed by atoms with E-state index in [1.165, 1.54) is 11.1 Å². The van der Waals surface area contributed by atoms with Crippen LogP contribution in [-0.4, -0.2) is 54.7 Å². The summed E-state index contributed by atoms with van der Waals surface area (Å²) in [6.45, 7) is 10.2. The van der Waals surface area contributed by atoms with Crippen LogP contribution in [0.1, 0.15) is 70.9 Å². The molecule has 0 radical (unpaired) electrons. The summed E-state index contributed by atoms with van der Waals surface area (Å²) in [7, 11) is -1.44. The van der Waals surface area contributed by atoms with Gasteiger partial charge in [0.15, 0.2) is 0 Å². The van der Waals surface area contributed by atoms with Gasteiger partial charge in [-0.15, -0.1) is 0 Å². The lowest BCUT2D eigenvalue weighted by atomic mass is 9.49. The van der Waals surface area contributed by atoms with Gasteiger partial charge in [0.05, 0.1) is 6.26 Å². The number of fused-ring (bicyclic) bond motifs is 4. The van der Waals surface area contributed by atoms with Gasteiger partial charge in [-0.2, -0.15) is 8.42 Å². The molecule has 1 unspecified atom stereocenters. The van der Waals surface area contributed by atoms with Crippen LogP contribution in [0.15, 0.2) is 18.2 Å². The predicted molar refractivity (Wildman–Crippen MR) is 124 cm³/mol. The molecular weight excluding hydrogens is 414 g/mol. The van der Waals surface area contributed by atoms with Gasteiger partial charge in [-0.3, -0.25) is 9.35 Å². The van der Waals surface area contributed by atoms with Crippen molar-refractivity contribution in [3.05, 3.63) is 29.3 Å². The van der Waals surface area contributed by atoms with E-state index in [0.717, 1.165) is 32.2 Å². The van der Waals surface area contributed by atoms with E-state index in [9.17, 15) is 18.3 Å². The molecule has 31 heavy (non-hydrogen) atoms. The summed E-state index contributed by atoms with van der Waals surface area (Å²) >= 11 is 0. The molecule has 0 amide bonds. The molecule has 7 heteroatoms. The van der Waals surface area contributed by atoms with Crippen molar-refractivity contribution < 1.29 is 22.9 Å². The van der Waals surface area contributed by atoms with E-state index in [-0.39, 0.29) is 10.8 Å². The Morgan fingerprint density at radius 3 is 2.45 bits per heavy atom. The molecule has 2 aliphatic rings. The first kappa shape index (κ1) is 25.8. The van der Waals surface area contributed by atoms with Crippen LogP contribution >= 0.6 is 0 Å². The van der Waals surface area contributed by atoms with Crippen molar-refractivity contribution in [2.24, 2.45) is 11.3 Å². The maximum atomic E-state index is 12.5. The van der Waals surface area contributed by atoms with E-state index in [4.69, 9.17) is 4.55 Å². The van der Waals surface area contributed by atoms with Gasteiger partial charge < -0.3 is 10.0 Å². The number of ketones is 1. The molecule has 1 heterocycles. The van der Waals surface area contributed by atoms with Gasteiger partial charge >= 0.3 is 0 Å². The minimum absolute atomic E-state index is 0.00876. The number of nitrogens with zero attached hydrogens (tertiary/aromatic N) is 1. The number of aromatic hydroxyl groups is 1. The number of likely N-dealkylation sites (tertiary alicyclic amines) is 1. The maximum absolute atomic E-state index is 12.5. The zero-order valence-corrected chi connectivity index (χ0v) is 20.6. The Morgan fingerprint density at radius 2 is 1.87 bits per heavy atom. The first-order chi connectivity index (χ1) is 14.2. The standard InChI is InChI=1S/C23H35NO2.CH4O3S/c1-16(2)6-8-18(25)10-11-23(4)21-14-17-7-9-19(26)15-20(17)22(23,3)12-13-24(21)5;1-5(2,3)4/h7,9,15-16,21,26H,6,8,10-14H2,1-5H3;1H3,(H,2,3,4)/t21-,22+,23?;/m0./s1. The molecule has 6 nitrogen and oxygen atoms in total. The minimum Gasteiger partial charge on any atom is -0.508 e. The number of carbonyl (C=O) groups excluding carboxylic acids is 1. The quantitative estimate of drug-likeness (QED) is 0.627. The number of hydrogen-bond donors (Lipinski definition) is 2. The van der Waals surface area contributed by atoms with Gasteiger partial charge in [0, 0.05) is 24.3 Å². The zero-order chi connectivity index (χ0) is 23.6. The van der Waals surface area contributed by atoms with E-state index < -0.39 is 10.1 Å². The summed E-state index contributed by atoms with van der Waals surface area (Å²) in [6, 6.07) is 6.35. The van der Waals surface area contributed by atoms with Crippen LogP contribution in [0.2, 0.25) is 0 Å². The average molecular weight is 454 g/mol. The topological polar surface area (TPSA) is 94.9 Å². The van der Waals surface area contributed by atoms with Crippen molar-refractivity contribution in [1.29, 1.82) is 0 Å². The fraction of sp³-hybridized carbons (Fsp3) is 0.708. The highest BCUT2D eigenvalue weighted by atomic mass is 32.2. The van der Waals surface area contributed by atoms with Gasteiger partial charge in [0.1, 0.15) is 11.5 Å². The molecule has 3 rings (SSSR count). The number of rotatable bonds is 6. The van der Waals surface area contributed by atoms with E-state index in [1.807, 2.05) is 12.1 Å². The van der Waals surface area contributed by atoms with Crippen molar-refractivity contribution in [3.8, 4) is 5.75 Å². The largest absolute Gasteiger partial charge is 0.508 e. The van der Waals surface area contributed by atoms with Crippen LogP contribution < -0.4 is 0 Å². The lowest BCUT2D eigenvalue weighted by Crippen LogP contribution is -2.64. The number of Topliss-reactive ketones (excluding diaryl/α,β-unsaturated/α-hetero) is 1. The molecule has 2 N–H and O–H groups in total. The van der Waals surface area contributed by atoms with Crippen LogP contribution in [0.5, 0.6) is 5.75 Å². The summed E-state index contributed by atoms with van der Waals surface area (Å²) in [6.07, 6.45) is 6.12. The minimum atomic E-state index is -3.67. The third kappa shape index (κ3) is 6.08. The van der Waals surface area contributed by atoms with Crippen molar-refractivity contribution in [2.45, 2.75) is 77.7 Å². The number of phenolic OH excluding ortho intramolecular Hbond substituents is 1. The van der Waals surface area contributed by atoms with Gasteiger partial charge in [-0.05, 0) is 73.9 Å². The van der Waals surface area contributed by atoms with Gasteiger partial charge in [0.25, 0.3) is 10.1 Å². The monoisotopic (exact) mass is 453 g/mol. The summed E-state index contributed by atoms with van der Waals surface area (Å²) in [5, 5.41) is 10.1. The Kier molecular flexibility index (Phi) is 7.99. The number of carbonyl (C=O) groups is 1. The van der Waals surface area contributed by atoms with E-state index >= 15 is 0 Å². The average Bonchev–Trinajstić information content (AvgIpc) is 2.64. The smallest absolute Gasteiger partial charge is 0.261 e. The molecule has 1 aliphatic carbocycles. The number of piperidine rings is 1. The molecule has 0 saturated carbocycles. The number of phenols is 1. The Hall–Kier alpha value is -1.44. The molecule has 0 spiro atoms. The summed E-state index contributed by atoms with van der Waals surface area (Å²) in [5.41, 5.74) is 2.73. The summed E-state index contributed by atoms with van der Waals surface area (Å²) < 4.78 is 25.9. The molecule has 1 aromatic carbocycles. The highest BCUT2D eigenvalue weighted by Gasteiger charge is 2.57. The van der Waals surface area contributed by atoms with Crippen molar-refractivity contribution in [1.82, 2.24) is 4.90 Å². The molecular formula is C24H39NO5S.